The van der Waals surface area contributed by atoms with Crippen molar-refractivity contribution in [3.05, 3.63) is 30.5 Å². The number of aromatic nitrogens is 1. The topological polar surface area (TPSA) is 34.0 Å². The zero-order chi connectivity index (χ0) is 15.5. The van der Waals surface area contributed by atoms with Crippen LogP contribution in [0.25, 0.3) is 10.9 Å². The Morgan fingerprint density at radius 2 is 2.05 bits per heavy atom. The van der Waals surface area contributed by atoms with E-state index in [1.807, 2.05) is 12.1 Å². The molecule has 2 rings (SSSR count). The summed E-state index contributed by atoms with van der Waals surface area (Å²) >= 11 is 1.66. The number of hydrogen-bond donors (Lipinski definition) is 1. The maximum Gasteiger partial charge on any atom is 0.234 e. The van der Waals surface area contributed by atoms with Gasteiger partial charge in [0.05, 0.1) is 5.75 Å². The van der Waals surface area contributed by atoms with E-state index in [9.17, 15) is 4.79 Å². The van der Waals surface area contributed by atoms with Gasteiger partial charge in [-0.2, -0.15) is 0 Å². The third kappa shape index (κ3) is 4.53. The minimum Gasteiger partial charge on any atom is -0.347 e. The standard InChI is InChI=1S/C17H24N2OS/c1-5-9-19-10-8-13-11-14(6-7-15(13)19)18-16(20)12-21-17(2,3)4/h6-8,10-11H,5,9,12H2,1-4H3,(H,18,20). The molecule has 0 radical (unpaired) electrons. The molecule has 0 aliphatic heterocycles. The normalized spacial score (nSPS) is 11.8. The molecule has 0 fully saturated rings. The molecule has 0 saturated heterocycles. The summed E-state index contributed by atoms with van der Waals surface area (Å²) in [4.78, 5) is 12.0. The number of nitrogens with one attached hydrogen (secondary N) is 1. The third-order valence-corrected chi connectivity index (χ3v) is 4.43. The van der Waals surface area contributed by atoms with Gasteiger partial charge in [-0.25, -0.2) is 0 Å². The summed E-state index contributed by atoms with van der Waals surface area (Å²) < 4.78 is 2.36. The van der Waals surface area contributed by atoms with Crippen molar-refractivity contribution in [3.63, 3.8) is 0 Å². The first-order valence-electron chi connectivity index (χ1n) is 7.42. The molecule has 1 aromatic heterocycles. The number of carbonyl (C=O) groups is 1. The SMILES string of the molecule is CCCn1ccc2cc(NC(=O)CSC(C)(C)C)ccc21. The van der Waals surface area contributed by atoms with Gasteiger partial charge < -0.3 is 9.88 Å². The maximum absolute atomic E-state index is 12.0. The number of rotatable bonds is 5. The van der Waals surface area contributed by atoms with Crippen molar-refractivity contribution in [2.45, 2.75) is 45.4 Å². The number of aryl methyl sites for hydroxylation is 1. The highest BCUT2D eigenvalue weighted by Gasteiger charge is 2.13. The molecule has 0 unspecified atom stereocenters. The predicted octanol–water partition coefficient (Wildman–Crippen LogP) is 4.52. The quantitative estimate of drug-likeness (QED) is 0.881. The largest absolute Gasteiger partial charge is 0.347 e. The molecular weight excluding hydrogens is 280 g/mol. The van der Waals surface area contributed by atoms with Crippen molar-refractivity contribution >= 4 is 34.3 Å². The van der Waals surface area contributed by atoms with Gasteiger partial charge in [0.2, 0.25) is 5.91 Å². The molecule has 1 aromatic carbocycles. The number of anilines is 1. The predicted molar refractivity (Wildman–Crippen MR) is 93.1 cm³/mol. The summed E-state index contributed by atoms with van der Waals surface area (Å²) in [6, 6.07) is 8.21. The molecule has 4 heteroatoms. The minimum atomic E-state index is 0.0577. The maximum atomic E-state index is 12.0. The zero-order valence-corrected chi connectivity index (χ0v) is 14.1. The fourth-order valence-corrected chi connectivity index (χ4v) is 2.83. The average molecular weight is 304 g/mol. The van der Waals surface area contributed by atoms with Crippen LogP contribution in [0.2, 0.25) is 0 Å². The van der Waals surface area contributed by atoms with Gasteiger partial charge in [0.15, 0.2) is 0 Å². The van der Waals surface area contributed by atoms with Gasteiger partial charge in [0, 0.05) is 34.1 Å². The Hall–Kier alpha value is -1.42. The van der Waals surface area contributed by atoms with Crippen molar-refractivity contribution in [1.29, 1.82) is 0 Å². The number of benzene rings is 1. The smallest absolute Gasteiger partial charge is 0.234 e. The second-order valence-electron chi connectivity index (χ2n) is 6.23. The Bertz CT molecular complexity index is 625. The second-order valence-corrected chi connectivity index (χ2v) is 8.03. The van der Waals surface area contributed by atoms with Gasteiger partial charge in [-0.1, -0.05) is 27.7 Å². The Labute approximate surface area is 131 Å². The van der Waals surface area contributed by atoms with Crippen LogP contribution in [0.3, 0.4) is 0 Å². The summed E-state index contributed by atoms with van der Waals surface area (Å²) in [5.74, 6) is 0.542. The Kier molecular flexibility index (Phi) is 4.99. The highest BCUT2D eigenvalue weighted by molar-refractivity contribution is 8.01. The van der Waals surface area contributed by atoms with Crippen LogP contribution in [-0.2, 0) is 11.3 Å². The van der Waals surface area contributed by atoms with Crippen LogP contribution in [0.15, 0.2) is 30.5 Å². The lowest BCUT2D eigenvalue weighted by atomic mass is 10.2. The molecule has 114 valence electrons. The van der Waals surface area contributed by atoms with Gasteiger partial charge >= 0.3 is 0 Å². The monoisotopic (exact) mass is 304 g/mol. The molecule has 0 spiro atoms. The molecule has 0 bridgehead atoms. The van der Waals surface area contributed by atoms with Crippen LogP contribution in [0, 0.1) is 0 Å². The van der Waals surface area contributed by atoms with E-state index in [1.165, 1.54) is 10.9 Å². The van der Waals surface area contributed by atoms with Gasteiger partial charge in [-0.15, -0.1) is 11.8 Å². The van der Waals surface area contributed by atoms with Gasteiger partial charge in [-0.05, 0) is 30.7 Å². The molecule has 0 saturated carbocycles. The number of hydrogen-bond acceptors (Lipinski definition) is 2. The van der Waals surface area contributed by atoms with Crippen LogP contribution in [-0.4, -0.2) is 21.0 Å². The van der Waals surface area contributed by atoms with E-state index in [4.69, 9.17) is 0 Å². The van der Waals surface area contributed by atoms with Crippen LogP contribution >= 0.6 is 11.8 Å². The lowest BCUT2D eigenvalue weighted by Gasteiger charge is -2.17. The number of fused-ring (bicyclic) bond motifs is 1. The van der Waals surface area contributed by atoms with Crippen molar-refractivity contribution in [3.8, 4) is 0 Å². The summed E-state index contributed by atoms with van der Waals surface area (Å²) in [6.07, 6.45) is 3.22. The first-order chi connectivity index (χ1) is 9.89. The van der Waals surface area contributed by atoms with Crippen LogP contribution in [0.1, 0.15) is 34.1 Å². The van der Waals surface area contributed by atoms with Gasteiger partial charge in [0.1, 0.15) is 0 Å². The Morgan fingerprint density at radius 3 is 2.71 bits per heavy atom. The van der Waals surface area contributed by atoms with E-state index in [-0.39, 0.29) is 10.7 Å². The van der Waals surface area contributed by atoms with E-state index >= 15 is 0 Å². The summed E-state index contributed by atoms with van der Waals surface area (Å²) in [5.41, 5.74) is 2.09. The van der Waals surface area contributed by atoms with E-state index in [0.717, 1.165) is 18.7 Å². The van der Waals surface area contributed by atoms with Gasteiger partial charge in [0.25, 0.3) is 0 Å². The Morgan fingerprint density at radius 1 is 1.29 bits per heavy atom. The molecule has 1 N–H and O–H groups in total. The number of nitrogens with zero attached hydrogens (tertiary/aromatic N) is 1. The molecule has 1 heterocycles. The molecule has 1 amide bonds. The number of amides is 1. The molecule has 0 aliphatic rings. The first kappa shape index (κ1) is 16.0. The lowest BCUT2D eigenvalue weighted by molar-refractivity contribution is -0.113. The van der Waals surface area contributed by atoms with E-state index < -0.39 is 0 Å². The zero-order valence-electron chi connectivity index (χ0n) is 13.3. The molecule has 3 nitrogen and oxygen atoms in total. The fourth-order valence-electron chi connectivity index (χ4n) is 2.19. The molecule has 0 atom stereocenters. The highest BCUT2D eigenvalue weighted by Crippen LogP contribution is 2.24. The van der Waals surface area contributed by atoms with Crippen molar-refractivity contribution in [1.82, 2.24) is 4.57 Å². The molecule has 0 aliphatic carbocycles. The summed E-state index contributed by atoms with van der Waals surface area (Å²) in [5, 5.41) is 4.15. The van der Waals surface area contributed by atoms with E-state index in [2.05, 4.69) is 55.9 Å². The summed E-state index contributed by atoms with van der Waals surface area (Å²) in [7, 11) is 0. The number of carbonyl (C=O) groups excluding carboxylic acids is 1. The van der Waals surface area contributed by atoms with Gasteiger partial charge in [-0.3, -0.25) is 4.79 Å². The lowest BCUT2D eigenvalue weighted by Crippen LogP contribution is -2.18. The number of thioether (sulfide) groups is 1. The third-order valence-electron chi connectivity index (χ3n) is 3.16. The molecular formula is C17H24N2OS. The van der Waals surface area contributed by atoms with Crippen molar-refractivity contribution in [2.24, 2.45) is 0 Å². The minimum absolute atomic E-state index is 0.0577. The van der Waals surface area contributed by atoms with E-state index in [0.29, 0.717) is 5.75 Å². The Balaban J connectivity index is 2.04. The van der Waals surface area contributed by atoms with Crippen LogP contribution < -0.4 is 5.32 Å². The second kappa shape index (κ2) is 6.56. The van der Waals surface area contributed by atoms with E-state index in [1.54, 1.807) is 11.8 Å². The molecule has 21 heavy (non-hydrogen) atoms. The first-order valence-corrected chi connectivity index (χ1v) is 8.40. The highest BCUT2D eigenvalue weighted by atomic mass is 32.2. The van der Waals surface area contributed by atoms with Crippen molar-refractivity contribution in [2.75, 3.05) is 11.1 Å². The molecule has 2 aromatic rings. The summed E-state index contributed by atoms with van der Waals surface area (Å²) in [6.45, 7) is 9.55. The average Bonchev–Trinajstić information content (AvgIpc) is 2.79. The fraction of sp³-hybridized carbons (Fsp3) is 0.471. The van der Waals surface area contributed by atoms with Crippen molar-refractivity contribution < 1.29 is 4.79 Å². The van der Waals surface area contributed by atoms with Crippen LogP contribution in [0.5, 0.6) is 0 Å². The van der Waals surface area contributed by atoms with Crippen LogP contribution in [0.4, 0.5) is 5.69 Å².